The van der Waals surface area contributed by atoms with Crippen molar-refractivity contribution in [2.24, 2.45) is 0 Å². The van der Waals surface area contributed by atoms with Crippen LogP contribution in [0.4, 0.5) is 11.9 Å². The fourth-order valence-electron chi connectivity index (χ4n) is 2.75. The number of nitrogens with zero attached hydrogens (tertiary/aromatic N) is 5. The lowest BCUT2D eigenvalue weighted by Crippen LogP contribution is -2.60. The Morgan fingerprint density at radius 1 is 1.18 bits per heavy atom. The molecule has 1 aliphatic rings. The molecule has 0 aromatic carbocycles. The van der Waals surface area contributed by atoms with Gasteiger partial charge in [0.25, 0.3) is 0 Å². The largest absolute Gasteiger partial charge is 0.395 e. The van der Waals surface area contributed by atoms with E-state index >= 15 is 0 Å². The van der Waals surface area contributed by atoms with Crippen LogP contribution in [0.5, 0.6) is 0 Å². The fourth-order valence-corrected chi connectivity index (χ4v) is 2.75. The van der Waals surface area contributed by atoms with Crippen LogP contribution < -0.4 is 10.6 Å². The van der Waals surface area contributed by atoms with E-state index < -0.39 is 0 Å². The van der Waals surface area contributed by atoms with E-state index in [9.17, 15) is 5.11 Å². The van der Waals surface area contributed by atoms with Gasteiger partial charge in [-0.2, -0.15) is 15.0 Å². The van der Waals surface area contributed by atoms with Crippen LogP contribution in [0.15, 0.2) is 0 Å². The zero-order chi connectivity index (χ0) is 16.5. The van der Waals surface area contributed by atoms with E-state index in [4.69, 9.17) is 5.73 Å². The summed E-state index contributed by atoms with van der Waals surface area (Å²) in [5, 5.41) is 9.19. The topological polar surface area (TPSA) is 91.4 Å². The SMILES string of the molecule is CC(C)(C)c1nc(N)nc(N2CCN(CCO)C(C)(C)C2)n1. The predicted molar refractivity (Wildman–Crippen MR) is 87.9 cm³/mol. The molecule has 124 valence electrons. The molecule has 1 saturated heterocycles. The summed E-state index contributed by atoms with van der Waals surface area (Å²) in [5.41, 5.74) is 5.66. The molecule has 1 aromatic heterocycles. The van der Waals surface area contributed by atoms with Gasteiger partial charge in [-0.3, -0.25) is 4.90 Å². The van der Waals surface area contributed by atoms with Crippen molar-refractivity contribution >= 4 is 11.9 Å². The Morgan fingerprint density at radius 2 is 1.86 bits per heavy atom. The number of β-amino-alcohol motifs (C(OH)–C–C–N with tert-alkyl or cyclic N) is 1. The van der Waals surface area contributed by atoms with Crippen LogP contribution in [0.25, 0.3) is 0 Å². The second-order valence-electron chi connectivity index (χ2n) is 7.51. The maximum atomic E-state index is 9.19. The normalized spacial score (nSPS) is 19.5. The lowest BCUT2D eigenvalue weighted by molar-refractivity contribution is 0.0807. The molecule has 1 aliphatic heterocycles. The fraction of sp³-hybridized carbons (Fsp3) is 0.800. The quantitative estimate of drug-likeness (QED) is 0.847. The number of aliphatic hydroxyl groups excluding tert-OH is 1. The van der Waals surface area contributed by atoms with E-state index in [1.165, 1.54) is 0 Å². The number of rotatable bonds is 3. The van der Waals surface area contributed by atoms with Crippen LogP contribution in [-0.2, 0) is 5.41 Å². The monoisotopic (exact) mass is 308 g/mol. The van der Waals surface area contributed by atoms with Crippen LogP contribution in [0, 0.1) is 0 Å². The summed E-state index contributed by atoms with van der Waals surface area (Å²) in [7, 11) is 0. The molecule has 0 saturated carbocycles. The van der Waals surface area contributed by atoms with E-state index in [1.54, 1.807) is 0 Å². The third-order valence-electron chi connectivity index (χ3n) is 4.04. The van der Waals surface area contributed by atoms with Gasteiger partial charge in [-0.15, -0.1) is 0 Å². The maximum Gasteiger partial charge on any atom is 0.230 e. The minimum atomic E-state index is -0.167. The highest BCUT2D eigenvalue weighted by Crippen LogP contribution is 2.25. The standard InChI is InChI=1S/C15H28N6O/c1-14(2,3)11-17-12(16)19-13(18-11)20-6-7-21(8-9-22)15(4,5)10-20/h22H,6-10H2,1-5H3,(H2,16,17,18,19). The first-order valence-electron chi connectivity index (χ1n) is 7.76. The highest BCUT2D eigenvalue weighted by molar-refractivity contribution is 5.37. The average molecular weight is 308 g/mol. The number of hydrogen-bond donors (Lipinski definition) is 2. The molecule has 2 rings (SSSR count). The Balaban J connectivity index is 2.25. The minimum Gasteiger partial charge on any atom is -0.395 e. The Labute approximate surface area is 132 Å². The Morgan fingerprint density at radius 3 is 2.41 bits per heavy atom. The molecule has 1 fully saturated rings. The zero-order valence-electron chi connectivity index (χ0n) is 14.3. The Kier molecular flexibility index (Phi) is 4.58. The van der Waals surface area contributed by atoms with Crippen molar-refractivity contribution < 1.29 is 5.11 Å². The third-order valence-corrected chi connectivity index (χ3v) is 4.04. The van der Waals surface area contributed by atoms with Gasteiger partial charge in [0.1, 0.15) is 5.82 Å². The van der Waals surface area contributed by atoms with Crippen molar-refractivity contribution in [2.45, 2.75) is 45.6 Å². The van der Waals surface area contributed by atoms with Gasteiger partial charge in [-0.1, -0.05) is 20.8 Å². The third kappa shape index (κ3) is 3.64. The van der Waals surface area contributed by atoms with Crippen molar-refractivity contribution in [3.63, 3.8) is 0 Å². The number of anilines is 2. The van der Waals surface area contributed by atoms with Crippen LogP contribution in [-0.4, -0.2) is 63.3 Å². The molecule has 0 spiro atoms. The summed E-state index contributed by atoms with van der Waals surface area (Å²) < 4.78 is 0. The van der Waals surface area contributed by atoms with Gasteiger partial charge in [-0.25, -0.2) is 0 Å². The van der Waals surface area contributed by atoms with Gasteiger partial charge >= 0.3 is 0 Å². The maximum absolute atomic E-state index is 9.19. The molecule has 0 atom stereocenters. The van der Waals surface area contributed by atoms with Crippen LogP contribution in [0.2, 0.25) is 0 Å². The second kappa shape index (κ2) is 5.96. The summed E-state index contributed by atoms with van der Waals surface area (Å²) in [6.07, 6.45) is 0. The lowest BCUT2D eigenvalue weighted by atomic mass is 9.96. The predicted octanol–water partition coefficient (Wildman–Crippen LogP) is 0.644. The molecule has 0 amide bonds. The average Bonchev–Trinajstić information content (AvgIpc) is 2.39. The van der Waals surface area contributed by atoms with Gasteiger partial charge in [0, 0.05) is 37.1 Å². The molecule has 0 bridgehead atoms. The molecule has 7 nitrogen and oxygen atoms in total. The first-order chi connectivity index (χ1) is 10.1. The van der Waals surface area contributed by atoms with Crippen molar-refractivity contribution in [3.8, 4) is 0 Å². The molecule has 7 heteroatoms. The van der Waals surface area contributed by atoms with E-state index in [1.807, 2.05) is 0 Å². The van der Waals surface area contributed by atoms with Gasteiger partial charge in [0.15, 0.2) is 0 Å². The van der Waals surface area contributed by atoms with Crippen molar-refractivity contribution in [1.82, 2.24) is 19.9 Å². The highest BCUT2D eigenvalue weighted by Gasteiger charge is 2.34. The van der Waals surface area contributed by atoms with Crippen LogP contribution >= 0.6 is 0 Å². The molecule has 2 heterocycles. The first-order valence-corrected chi connectivity index (χ1v) is 7.76. The Bertz CT molecular complexity index is 525. The lowest BCUT2D eigenvalue weighted by Gasteiger charge is -2.47. The van der Waals surface area contributed by atoms with Gasteiger partial charge in [0.05, 0.1) is 6.61 Å². The van der Waals surface area contributed by atoms with Gasteiger partial charge in [-0.05, 0) is 13.8 Å². The molecule has 1 aromatic rings. The summed E-state index contributed by atoms with van der Waals surface area (Å²) in [6.45, 7) is 13.9. The summed E-state index contributed by atoms with van der Waals surface area (Å²) in [5.74, 6) is 1.63. The number of aliphatic hydroxyl groups is 1. The molecule has 0 radical (unpaired) electrons. The van der Waals surface area contributed by atoms with Crippen molar-refractivity contribution in [3.05, 3.63) is 5.82 Å². The number of nitrogens with two attached hydrogens (primary N) is 1. The number of hydrogen-bond acceptors (Lipinski definition) is 7. The Hall–Kier alpha value is -1.47. The minimum absolute atomic E-state index is 0.0513. The molecular weight excluding hydrogens is 280 g/mol. The summed E-state index contributed by atoms with van der Waals surface area (Å²) >= 11 is 0. The second-order valence-corrected chi connectivity index (χ2v) is 7.51. The van der Waals surface area contributed by atoms with Crippen LogP contribution in [0.3, 0.4) is 0 Å². The van der Waals surface area contributed by atoms with E-state index in [-0.39, 0.29) is 23.5 Å². The number of aromatic nitrogens is 3. The van der Waals surface area contributed by atoms with Crippen molar-refractivity contribution in [2.75, 3.05) is 43.4 Å². The molecule has 0 aliphatic carbocycles. The van der Waals surface area contributed by atoms with E-state index in [0.29, 0.717) is 18.3 Å². The highest BCUT2D eigenvalue weighted by atomic mass is 16.3. The van der Waals surface area contributed by atoms with E-state index in [0.717, 1.165) is 19.6 Å². The first kappa shape index (κ1) is 16.9. The molecule has 22 heavy (non-hydrogen) atoms. The molecule has 3 N–H and O–H groups in total. The zero-order valence-corrected chi connectivity index (χ0v) is 14.3. The molecule has 0 unspecified atom stereocenters. The number of piperazine rings is 1. The summed E-state index contributed by atoms with van der Waals surface area (Å²) in [4.78, 5) is 17.7. The smallest absolute Gasteiger partial charge is 0.230 e. The number of nitrogen functional groups attached to an aromatic ring is 1. The van der Waals surface area contributed by atoms with Crippen LogP contribution in [0.1, 0.15) is 40.4 Å². The van der Waals surface area contributed by atoms with Gasteiger partial charge < -0.3 is 15.7 Å². The molecular formula is C15H28N6O. The van der Waals surface area contributed by atoms with Gasteiger partial charge in [0.2, 0.25) is 11.9 Å². The van der Waals surface area contributed by atoms with Crippen molar-refractivity contribution in [1.29, 1.82) is 0 Å². The van der Waals surface area contributed by atoms with E-state index in [2.05, 4.69) is 59.4 Å². The summed E-state index contributed by atoms with van der Waals surface area (Å²) in [6, 6.07) is 0.